The predicted molar refractivity (Wildman–Crippen MR) is 160 cm³/mol. The summed E-state index contributed by atoms with van der Waals surface area (Å²) in [5.74, 6) is -0.00341. The topological polar surface area (TPSA) is 83.5 Å². The van der Waals surface area contributed by atoms with Gasteiger partial charge < -0.3 is 19.2 Å². The molecule has 42 heavy (non-hydrogen) atoms. The van der Waals surface area contributed by atoms with Crippen molar-refractivity contribution in [1.82, 2.24) is 0 Å². The van der Waals surface area contributed by atoms with Crippen molar-refractivity contribution in [2.75, 3.05) is 7.11 Å². The molecule has 2 heterocycles. The Kier molecular flexibility index (Phi) is 6.56. The minimum atomic E-state index is -1.14. The molecule has 8 rings (SSSR count). The van der Waals surface area contributed by atoms with Crippen molar-refractivity contribution in [2.45, 2.75) is 82.4 Å². The molecule has 1 N–H and O–H groups in total. The summed E-state index contributed by atoms with van der Waals surface area (Å²) in [4.78, 5) is 23.7. The van der Waals surface area contributed by atoms with Gasteiger partial charge in [0.1, 0.15) is 0 Å². The monoisotopic (exact) mass is 592 g/mol. The Bertz CT molecular complexity index is 1400. The zero-order chi connectivity index (χ0) is 29.7. The minimum absolute atomic E-state index is 0.341. The van der Waals surface area contributed by atoms with Crippen LogP contribution in [0.3, 0.4) is 0 Å². The number of ether oxygens (including phenoxy) is 1. The first kappa shape index (κ1) is 28.6. The van der Waals surface area contributed by atoms with Gasteiger partial charge in [-0.05, 0) is 106 Å². The molecule has 1 atom stereocenters. The number of rotatable bonds is 6. The highest BCUT2D eigenvalue weighted by Crippen LogP contribution is 2.70. The Morgan fingerprint density at radius 3 is 2.02 bits per heavy atom. The van der Waals surface area contributed by atoms with Crippen molar-refractivity contribution in [3.63, 3.8) is 0 Å². The normalized spacial score (nSPS) is 35.7. The zero-order valence-electron chi connectivity index (χ0n) is 24.8. The Labute approximate surface area is 252 Å². The van der Waals surface area contributed by atoms with E-state index >= 15 is 0 Å². The number of halogens is 1. The van der Waals surface area contributed by atoms with Gasteiger partial charge in [0.05, 0.1) is 16.2 Å². The molecule has 2 aliphatic heterocycles. The summed E-state index contributed by atoms with van der Waals surface area (Å²) in [6, 6.07) is 11.7. The molecule has 2 aromatic carbocycles. The Morgan fingerprint density at radius 2 is 1.52 bits per heavy atom. The molecule has 222 valence electrons. The van der Waals surface area contributed by atoms with E-state index in [1.165, 1.54) is 6.42 Å². The van der Waals surface area contributed by atoms with Gasteiger partial charge in [-0.1, -0.05) is 48.0 Å². The van der Waals surface area contributed by atoms with Gasteiger partial charge >= 0.3 is 13.1 Å². The number of aliphatic carboxylic acids is 1. The smallest absolute Gasteiger partial charge is 0.478 e. The fourth-order valence-electron chi connectivity index (χ4n) is 8.55. The molecule has 9 heteroatoms. The molecule has 0 aromatic heterocycles. The molecular weight excluding hydrogens is 555 g/mol. The summed E-state index contributed by atoms with van der Waals surface area (Å²) in [6.45, 7) is 8.12. The minimum Gasteiger partial charge on any atom is -0.478 e. The molecule has 4 aliphatic carbocycles. The lowest BCUT2D eigenvalue weighted by molar-refractivity contribution is -0.645. The van der Waals surface area contributed by atoms with E-state index in [0.29, 0.717) is 33.5 Å². The van der Waals surface area contributed by atoms with Crippen LogP contribution >= 0.6 is 11.6 Å². The van der Waals surface area contributed by atoms with Crippen LogP contribution in [-0.4, -0.2) is 42.1 Å². The molecule has 2 saturated heterocycles. The highest BCUT2D eigenvalue weighted by Gasteiger charge is 2.77. The highest BCUT2D eigenvalue weighted by atomic mass is 35.5. The lowest BCUT2D eigenvalue weighted by Gasteiger charge is -2.68. The van der Waals surface area contributed by atoms with Crippen LogP contribution in [0, 0.1) is 23.7 Å². The lowest BCUT2D eigenvalue weighted by Crippen LogP contribution is -2.76. The average molecular weight is 593 g/mol. The number of carbonyl (C=O) groups is 1. The molecule has 0 amide bonds. The maximum atomic E-state index is 11.5. The quantitative estimate of drug-likeness (QED) is 0.237. The number of methoxy groups -OCH3 is 1. The van der Waals surface area contributed by atoms with Gasteiger partial charge in [-0.3, -0.25) is 0 Å². The Balaban J connectivity index is 1.30. The van der Waals surface area contributed by atoms with Gasteiger partial charge in [-0.15, -0.1) is 0 Å². The third-order valence-electron chi connectivity index (χ3n) is 11.1. The third-order valence-corrected chi connectivity index (χ3v) is 11.5. The summed E-state index contributed by atoms with van der Waals surface area (Å²) in [5, 5.41) is 9.86. The van der Waals surface area contributed by atoms with Crippen LogP contribution in [-0.2, 0) is 34.4 Å². The second-order valence-corrected chi connectivity index (χ2v) is 14.2. The number of hydrogen-bond acceptors (Lipinski definition) is 6. The van der Waals surface area contributed by atoms with Crippen LogP contribution in [0.4, 0.5) is 0 Å². The number of hydrogen-bond donors (Lipinski definition) is 1. The molecular formula is C33H38BClO7. The van der Waals surface area contributed by atoms with E-state index in [1.54, 1.807) is 13.2 Å². The van der Waals surface area contributed by atoms with Crippen LogP contribution in [0.2, 0.25) is 5.02 Å². The number of benzene rings is 2. The van der Waals surface area contributed by atoms with Gasteiger partial charge in [0, 0.05) is 24.3 Å². The molecule has 0 radical (unpaired) electrons. The van der Waals surface area contributed by atoms with Gasteiger partial charge in [0.2, 0.25) is 0 Å². The molecule has 7 nitrogen and oxygen atoms in total. The Morgan fingerprint density at radius 1 is 0.929 bits per heavy atom. The van der Waals surface area contributed by atoms with E-state index in [0.717, 1.165) is 54.6 Å². The van der Waals surface area contributed by atoms with Crippen LogP contribution in [0.25, 0.3) is 17.2 Å². The summed E-state index contributed by atoms with van der Waals surface area (Å²) in [5.41, 5.74) is 2.34. The van der Waals surface area contributed by atoms with Gasteiger partial charge in [-0.25, -0.2) is 9.68 Å². The maximum absolute atomic E-state index is 11.5. The van der Waals surface area contributed by atoms with E-state index in [4.69, 9.17) is 35.4 Å². The first-order chi connectivity index (χ1) is 19.9. The highest BCUT2D eigenvalue weighted by molar-refractivity contribution is 6.62. The van der Waals surface area contributed by atoms with Crippen molar-refractivity contribution in [1.29, 1.82) is 0 Å². The first-order valence-electron chi connectivity index (χ1n) is 15.0. The molecule has 6 aliphatic rings. The fraction of sp³-hybridized carbons (Fsp3) is 0.545. The van der Waals surface area contributed by atoms with Crippen LogP contribution in [0.5, 0.6) is 0 Å². The summed E-state index contributed by atoms with van der Waals surface area (Å²) < 4.78 is 18.8. The molecule has 1 unspecified atom stereocenters. The van der Waals surface area contributed by atoms with Gasteiger partial charge in [0.25, 0.3) is 5.79 Å². The van der Waals surface area contributed by atoms with E-state index in [9.17, 15) is 9.90 Å². The lowest BCUT2D eigenvalue weighted by atomic mass is 9.47. The van der Waals surface area contributed by atoms with E-state index in [-0.39, 0.29) is 0 Å². The SMILES string of the molecule is COC1(c2ccc(/C=C/C(=O)O)c(-c3ccc(B4OC(C)(C)C(C)(C)O4)cc3)c2Cl)OOC12C1CC3CC(C1)CC2C3. The van der Waals surface area contributed by atoms with Gasteiger partial charge in [-0.2, -0.15) is 4.89 Å². The molecule has 1 spiro atoms. The third kappa shape index (κ3) is 3.95. The maximum Gasteiger partial charge on any atom is 0.494 e. The van der Waals surface area contributed by atoms with Crippen LogP contribution < -0.4 is 5.46 Å². The average Bonchev–Trinajstić information content (AvgIpc) is 3.14. The fourth-order valence-corrected chi connectivity index (χ4v) is 8.96. The van der Waals surface area contributed by atoms with Crippen molar-refractivity contribution in [3.05, 3.63) is 58.6 Å². The number of carboxylic acid groups (broad SMARTS) is 1. The zero-order valence-corrected chi connectivity index (χ0v) is 25.6. The molecule has 4 bridgehead atoms. The van der Waals surface area contributed by atoms with E-state index in [1.807, 2.05) is 64.1 Å². The van der Waals surface area contributed by atoms with Crippen molar-refractivity contribution >= 4 is 36.2 Å². The van der Waals surface area contributed by atoms with Crippen molar-refractivity contribution in [3.8, 4) is 11.1 Å². The predicted octanol–water partition coefficient (Wildman–Crippen LogP) is 6.36. The van der Waals surface area contributed by atoms with Crippen LogP contribution in [0.15, 0.2) is 42.5 Å². The van der Waals surface area contributed by atoms with Gasteiger partial charge in [0.15, 0.2) is 5.60 Å². The van der Waals surface area contributed by atoms with Crippen molar-refractivity contribution in [2.24, 2.45) is 23.7 Å². The molecule has 2 aromatic rings. The summed E-state index contributed by atoms with van der Waals surface area (Å²) >= 11 is 7.33. The van der Waals surface area contributed by atoms with Crippen LogP contribution in [0.1, 0.15) is 70.9 Å². The summed E-state index contributed by atoms with van der Waals surface area (Å²) in [7, 11) is 1.18. The largest absolute Gasteiger partial charge is 0.494 e. The second-order valence-electron chi connectivity index (χ2n) is 13.9. The summed E-state index contributed by atoms with van der Waals surface area (Å²) in [6.07, 6.45) is 8.49. The van der Waals surface area contributed by atoms with Crippen molar-refractivity contribution < 1.29 is 33.7 Å². The second kappa shape index (κ2) is 9.65. The van der Waals surface area contributed by atoms with E-state index in [2.05, 4.69) is 0 Å². The van der Waals surface area contributed by atoms with E-state index < -0.39 is 35.7 Å². The first-order valence-corrected chi connectivity index (χ1v) is 15.4. The standard InChI is InChI=1S/C33H38BClO7/c1-30(2)31(3,4)40-34(39-30)25-10-6-21(7-11-25)28-22(9-13-27(36)37)8-12-26(29(28)35)33(38-5)32(41-42-33)23-15-19-14-20(17-23)18-24(32)16-19/h6-13,19-20,23-24H,14-18H2,1-5H3,(H,36,37)/b13-9+. The molecule has 4 saturated carbocycles. The Hall–Kier alpha value is -2.20. The molecule has 6 fully saturated rings. The number of carboxylic acids is 1.